The Bertz CT molecular complexity index is 1250. The lowest BCUT2D eigenvalue weighted by atomic mass is 10.0. The van der Waals surface area contributed by atoms with Gasteiger partial charge in [0.2, 0.25) is 11.8 Å². The summed E-state index contributed by atoms with van der Waals surface area (Å²) in [4.78, 5) is 50.5. The SMILES string of the molecule is N#C[C@@H]1C[C@@H](O)[C@H](NC(=O)c2cn(-c3ccc4c(c3)CN(C3CCC(=O)NC3=O)C4=O)nn2)C1. The highest BCUT2D eigenvalue weighted by atomic mass is 16.3. The van der Waals surface area contributed by atoms with Crippen molar-refractivity contribution in [3.05, 3.63) is 41.2 Å². The van der Waals surface area contributed by atoms with Gasteiger partial charge in [0.1, 0.15) is 6.04 Å². The number of aliphatic hydroxyl groups excluding tert-OH is 1. The monoisotopic (exact) mass is 463 g/mol. The molecule has 12 nitrogen and oxygen atoms in total. The van der Waals surface area contributed by atoms with Gasteiger partial charge in [-0.25, -0.2) is 4.68 Å². The van der Waals surface area contributed by atoms with Crippen molar-refractivity contribution in [2.45, 2.75) is 50.4 Å². The lowest BCUT2D eigenvalue weighted by Crippen LogP contribution is -2.52. The predicted octanol–water partition coefficient (Wildman–Crippen LogP) is -0.579. The number of carbonyl (C=O) groups is 4. The summed E-state index contributed by atoms with van der Waals surface area (Å²) in [6.07, 6.45) is 1.81. The van der Waals surface area contributed by atoms with E-state index in [1.807, 2.05) is 0 Å². The molecular formula is C22H21N7O5. The molecule has 4 atom stereocenters. The highest BCUT2D eigenvalue weighted by Crippen LogP contribution is 2.29. The molecule has 4 amide bonds. The molecular weight excluding hydrogens is 442 g/mol. The second-order valence-electron chi connectivity index (χ2n) is 8.73. The van der Waals surface area contributed by atoms with E-state index in [1.165, 1.54) is 15.8 Å². The van der Waals surface area contributed by atoms with Gasteiger partial charge in [-0.2, -0.15) is 5.26 Å². The number of aromatic nitrogens is 3. The average Bonchev–Trinajstić information content (AvgIpc) is 3.52. The average molecular weight is 463 g/mol. The summed E-state index contributed by atoms with van der Waals surface area (Å²) in [7, 11) is 0. The Morgan fingerprint density at radius 3 is 2.82 bits per heavy atom. The summed E-state index contributed by atoms with van der Waals surface area (Å²) in [6.45, 7) is 0.218. The molecule has 0 radical (unpaired) electrons. The second-order valence-corrected chi connectivity index (χ2v) is 8.73. The first-order valence-electron chi connectivity index (χ1n) is 10.9. The molecule has 1 aromatic heterocycles. The highest BCUT2D eigenvalue weighted by molar-refractivity contribution is 6.05. The molecule has 1 unspecified atom stereocenters. The van der Waals surface area contributed by atoms with Crippen LogP contribution in [0.4, 0.5) is 0 Å². The minimum Gasteiger partial charge on any atom is -0.391 e. The first-order valence-corrected chi connectivity index (χ1v) is 10.9. The van der Waals surface area contributed by atoms with Crippen LogP contribution in [0, 0.1) is 17.2 Å². The molecule has 174 valence electrons. The van der Waals surface area contributed by atoms with Crippen LogP contribution in [-0.4, -0.2) is 66.8 Å². The van der Waals surface area contributed by atoms with Gasteiger partial charge in [0.15, 0.2) is 5.69 Å². The summed E-state index contributed by atoms with van der Waals surface area (Å²) in [5.41, 5.74) is 1.79. The zero-order chi connectivity index (χ0) is 24.0. The van der Waals surface area contributed by atoms with E-state index in [0.717, 1.165) is 0 Å². The maximum absolute atomic E-state index is 12.8. The standard InChI is InChI=1S/C22H21N7O5/c23-8-11-5-15(18(30)6-11)24-20(32)16-10-29(27-26-16)13-1-2-14-12(7-13)9-28(22(14)34)17-3-4-19(31)25-21(17)33/h1-2,7,10-11,15,17-18,30H,3-6,9H2,(H,24,32)(H,25,31,33)/t11-,15+,17?,18+/m0/s1. The van der Waals surface area contributed by atoms with Gasteiger partial charge in [0.25, 0.3) is 11.8 Å². The number of nitrogens with one attached hydrogen (secondary N) is 2. The lowest BCUT2D eigenvalue weighted by Gasteiger charge is -2.29. The third kappa shape index (κ3) is 3.80. The summed E-state index contributed by atoms with van der Waals surface area (Å²) in [5, 5.41) is 31.9. The first kappa shape index (κ1) is 21.7. The van der Waals surface area contributed by atoms with E-state index in [-0.39, 0.29) is 42.8 Å². The zero-order valence-electron chi connectivity index (χ0n) is 18.0. The minimum atomic E-state index is -0.787. The van der Waals surface area contributed by atoms with E-state index in [2.05, 4.69) is 27.0 Å². The summed E-state index contributed by atoms with van der Waals surface area (Å²) >= 11 is 0. The molecule has 2 fully saturated rings. The van der Waals surface area contributed by atoms with Crippen molar-refractivity contribution in [3.8, 4) is 11.8 Å². The molecule has 1 saturated heterocycles. The van der Waals surface area contributed by atoms with Gasteiger partial charge in [-0.1, -0.05) is 5.21 Å². The fourth-order valence-electron chi connectivity index (χ4n) is 4.72. The van der Waals surface area contributed by atoms with Crippen LogP contribution in [0.15, 0.2) is 24.4 Å². The molecule has 1 aliphatic carbocycles. The van der Waals surface area contributed by atoms with Crippen LogP contribution in [0.5, 0.6) is 0 Å². The van der Waals surface area contributed by atoms with Gasteiger partial charge >= 0.3 is 0 Å². The number of hydrogen-bond donors (Lipinski definition) is 3. The van der Waals surface area contributed by atoms with Crippen molar-refractivity contribution >= 4 is 23.6 Å². The fourth-order valence-corrected chi connectivity index (χ4v) is 4.72. The Labute approximate surface area is 193 Å². The molecule has 0 spiro atoms. The fraction of sp³-hybridized carbons (Fsp3) is 0.409. The van der Waals surface area contributed by atoms with E-state index in [4.69, 9.17) is 5.26 Å². The summed E-state index contributed by atoms with van der Waals surface area (Å²) in [5.74, 6) is -1.90. The molecule has 1 aromatic carbocycles. The van der Waals surface area contributed by atoms with E-state index in [9.17, 15) is 24.3 Å². The number of piperidine rings is 1. The number of fused-ring (bicyclic) bond motifs is 1. The Kier molecular flexibility index (Phi) is 5.33. The molecule has 34 heavy (non-hydrogen) atoms. The van der Waals surface area contributed by atoms with Gasteiger partial charge in [0, 0.05) is 18.5 Å². The van der Waals surface area contributed by atoms with E-state index >= 15 is 0 Å². The summed E-state index contributed by atoms with van der Waals surface area (Å²) < 4.78 is 1.40. The van der Waals surface area contributed by atoms with Crippen molar-refractivity contribution in [1.29, 1.82) is 5.26 Å². The van der Waals surface area contributed by atoms with Gasteiger partial charge in [-0.05, 0) is 43.0 Å². The Hall–Kier alpha value is -4.11. The summed E-state index contributed by atoms with van der Waals surface area (Å²) in [6, 6.07) is 5.93. The Balaban J connectivity index is 1.30. The first-order chi connectivity index (χ1) is 16.3. The van der Waals surface area contributed by atoms with Gasteiger partial charge in [-0.15, -0.1) is 5.10 Å². The molecule has 1 saturated carbocycles. The Morgan fingerprint density at radius 2 is 2.09 bits per heavy atom. The molecule has 3 aliphatic rings. The van der Waals surface area contributed by atoms with Crippen molar-refractivity contribution < 1.29 is 24.3 Å². The smallest absolute Gasteiger partial charge is 0.273 e. The van der Waals surface area contributed by atoms with Crippen molar-refractivity contribution in [2.75, 3.05) is 0 Å². The third-order valence-corrected chi connectivity index (χ3v) is 6.53. The van der Waals surface area contributed by atoms with Gasteiger partial charge < -0.3 is 15.3 Å². The normalized spacial score (nSPS) is 26.2. The van der Waals surface area contributed by atoms with Crippen LogP contribution in [0.25, 0.3) is 5.69 Å². The molecule has 0 bridgehead atoms. The largest absolute Gasteiger partial charge is 0.391 e. The quantitative estimate of drug-likeness (QED) is 0.506. The highest BCUT2D eigenvalue weighted by Gasteiger charge is 2.39. The number of aliphatic hydroxyl groups is 1. The van der Waals surface area contributed by atoms with Gasteiger partial charge in [0.05, 0.1) is 36.0 Å². The lowest BCUT2D eigenvalue weighted by molar-refractivity contribution is -0.136. The van der Waals surface area contributed by atoms with Crippen LogP contribution in [-0.2, 0) is 16.1 Å². The maximum atomic E-state index is 12.8. The topological polar surface area (TPSA) is 170 Å². The number of nitrogens with zero attached hydrogens (tertiary/aromatic N) is 5. The molecule has 5 rings (SSSR count). The number of carbonyl (C=O) groups excluding carboxylic acids is 4. The molecule has 2 aromatic rings. The van der Waals surface area contributed by atoms with Crippen molar-refractivity contribution in [3.63, 3.8) is 0 Å². The van der Waals surface area contributed by atoms with Crippen molar-refractivity contribution in [1.82, 2.24) is 30.5 Å². The van der Waals surface area contributed by atoms with Gasteiger partial charge in [-0.3, -0.25) is 24.5 Å². The van der Waals surface area contributed by atoms with E-state index < -0.39 is 30.0 Å². The zero-order valence-corrected chi connectivity index (χ0v) is 18.0. The number of amides is 4. The number of hydrogen-bond acceptors (Lipinski definition) is 8. The van der Waals surface area contributed by atoms with E-state index in [1.54, 1.807) is 18.2 Å². The van der Waals surface area contributed by atoms with Crippen LogP contribution in [0.2, 0.25) is 0 Å². The number of rotatable bonds is 4. The molecule has 3 N–H and O–H groups in total. The van der Waals surface area contributed by atoms with Crippen LogP contribution < -0.4 is 10.6 Å². The molecule has 3 heterocycles. The molecule has 2 aliphatic heterocycles. The van der Waals surface area contributed by atoms with Crippen LogP contribution >= 0.6 is 0 Å². The van der Waals surface area contributed by atoms with Crippen LogP contribution in [0.3, 0.4) is 0 Å². The van der Waals surface area contributed by atoms with Crippen molar-refractivity contribution in [2.24, 2.45) is 5.92 Å². The number of nitriles is 1. The minimum absolute atomic E-state index is 0.0503. The number of imide groups is 1. The third-order valence-electron chi connectivity index (χ3n) is 6.53. The van der Waals surface area contributed by atoms with Crippen LogP contribution in [0.1, 0.15) is 52.1 Å². The second kappa shape index (κ2) is 8.35. The number of benzene rings is 1. The molecule has 12 heteroatoms. The van der Waals surface area contributed by atoms with E-state index in [0.29, 0.717) is 29.7 Å². The predicted molar refractivity (Wildman–Crippen MR) is 113 cm³/mol. The Morgan fingerprint density at radius 1 is 1.26 bits per heavy atom. The maximum Gasteiger partial charge on any atom is 0.273 e.